The van der Waals surface area contributed by atoms with Gasteiger partial charge >= 0.3 is 5.97 Å². The number of ether oxygens (including phenoxy) is 1. The van der Waals surface area contributed by atoms with Gasteiger partial charge in [0, 0.05) is 0 Å². The van der Waals surface area contributed by atoms with Gasteiger partial charge in [-0.15, -0.1) is 23.5 Å². The van der Waals surface area contributed by atoms with Gasteiger partial charge in [-0.05, 0) is 25.5 Å². The van der Waals surface area contributed by atoms with Gasteiger partial charge in [0.05, 0.1) is 16.4 Å². The van der Waals surface area contributed by atoms with Crippen LogP contribution in [0.5, 0.6) is 0 Å². The number of halogens is 4. The summed E-state index contributed by atoms with van der Waals surface area (Å²) >= 11 is 2.02. The third-order valence-electron chi connectivity index (χ3n) is 2.63. The Morgan fingerprint density at radius 2 is 1.61 bits per heavy atom. The van der Waals surface area contributed by atoms with E-state index in [-0.39, 0.29) is 16.9 Å². The van der Waals surface area contributed by atoms with E-state index >= 15 is 0 Å². The molecule has 0 aromatic heterocycles. The zero-order chi connectivity index (χ0) is 17.7. The molecular formula is C14H12F4O3S2. The molecule has 126 valence electrons. The van der Waals surface area contributed by atoms with E-state index < -0.39 is 46.2 Å². The smallest absolute Gasteiger partial charge is 0.343 e. The lowest BCUT2D eigenvalue weighted by Gasteiger charge is -2.11. The number of hydrogen-bond donors (Lipinski definition) is 0. The summed E-state index contributed by atoms with van der Waals surface area (Å²) in [5, 5.41) is 0. The fourth-order valence-electron chi connectivity index (χ4n) is 1.63. The normalized spacial score (nSPS) is 10.4. The Bertz CT molecular complexity index is 668. The Kier molecular flexibility index (Phi) is 7.14. The number of benzene rings is 1. The molecule has 1 aromatic rings. The fraction of sp³-hybridized carbons (Fsp3) is 0.286. The SMILES string of the molecule is CCOC(=O)C(C(=O)c1cc(F)c(F)c(F)c1F)=C(SC)SC. The first-order chi connectivity index (χ1) is 10.8. The molecule has 0 radical (unpaired) electrons. The first-order valence-corrected chi connectivity index (χ1v) is 8.62. The van der Waals surface area contributed by atoms with Gasteiger partial charge in [0.1, 0.15) is 5.57 Å². The molecule has 0 aliphatic rings. The highest BCUT2D eigenvalue weighted by Crippen LogP contribution is 2.31. The summed E-state index contributed by atoms with van der Waals surface area (Å²) in [4.78, 5) is 24.3. The molecule has 0 bridgehead atoms. The molecule has 0 aliphatic carbocycles. The molecule has 0 unspecified atom stereocenters. The highest BCUT2D eigenvalue weighted by atomic mass is 32.2. The number of thioether (sulfide) groups is 2. The first-order valence-electron chi connectivity index (χ1n) is 6.17. The summed E-state index contributed by atoms with van der Waals surface area (Å²) in [5.41, 5.74) is -1.64. The number of esters is 1. The average molecular weight is 368 g/mol. The number of ketones is 1. The van der Waals surface area contributed by atoms with Crippen LogP contribution >= 0.6 is 23.5 Å². The van der Waals surface area contributed by atoms with Crippen molar-refractivity contribution in [3.8, 4) is 0 Å². The molecule has 0 amide bonds. The van der Waals surface area contributed by atoms with Crippen molar-refractivity contribution in [2.45, 2.75) is 6.92 Å². The number of hydrogen-bond acceptors (Lipinski definition) is 5. The second kappa shape index (κ2) is 8.39. The number of Topliss-reactive ketones (excluding diaryl/α,β-unsaturated/α-hetero) is 1. The molecule has 0 fully saturated rings. The summed E-state index contributed by atoms with van der Waals surface area (Å²) < 4.78 is 58.3. The Hall–Kier alpha value is -1.48. The lowest BCUT2D eigenvalue weighted by Crippen LogP contribution is -2.19. The van der Waals surface area contributed by atoms with E-state index in [1.165, 1.54) is 6.92 Å². The molecule has 0 saturated heterocycles. The minimum absolute atomic E-state index is 0.0553. The van der Waals surface area contributed by atoms with Gasteiger partial charge in [0.15, 0.2) is 23.3 Å². The Morgan fingerprint density at radius 1 is 1.04 bits per heavy atom. The van der Waals surface area contributed by atoms with Crippen LogP contribution in [0.3, 0.4) is 0 Å². The van der Waals surface area contributed by atoms with Crippen molar-refractivity contribution in [1.29, 1.82) is 0 Å². The number of carbonyl (C=O) groups excluding carboxylic acids is 2. The Morgan fingerprint density at radius 3 is 2.09 bits per heavy atom. The second-order valence-corrected chi connectivity index (χ2v) is 5.86. The third-order valence-corrected chi connectivity index (χ3v) is 4.78. The molecular weight excluding hydrogens is 356 g/mol. The van der Waals surface area contributed by atoms with Crippen LogP contribution in [-0.2, 0) is 9.53 Å². The van der Waals surface area contributed by atoms with E-state index in [9.17, 15) is 27.2 Å². The van der Waals surface area contributed by atoms with Gasteiger partial charge in [0.25, 0.3) is 0 Å². The molecule has 0 N–H and O–H groups in total. The summed E-state index contributed by atoms with van der Waals surface area (Å²) in [5.74, 6) is -10.1. The zero-order valence-electron chi connectivity index (χ0n) is 12.3. The van der Waals surface area contributed by atoms with Gasteiger partial charge < -0.3 is 4.74 Å². The maximum atomic E-state index is 13.8. The van der Waals surface area contributed by atoms with Gasteiger partial charge in [-0.3, -0.25) is 4.79 Å². The standard InChI is InChI=1S/C14H12F4O3S2/c1-4-21-13(20)8(14(22-2)23-3)12(19)6-5-7(15)10(17)11(18)9(6)16/h5H,4H2,1-3H3. The maximum Gasteiger partial charge on any atom is 0.343 e. The maximum absolute atomic E-state index is 13.8. The number of carbonyl (C=O) groups is 2. The minimum Gasteiger partial charge on any atom is -0.462 e. The van der Waals surface area contributed by atoms with Crippen molar-refractivity contribution in [3.05, 3.63) is 44.7 Å². The van der Waals surface area contributed by atoms with E-state index in [1.54, 1.807) is 12.5 Å². The molecule has 0 heterocycles. The Labute approximate surface area is 138 Å². The number of rotatable bonds is 6. The summed E-state index contributed by atoms with van der Waals surface area (Å²) in [6.45, 7) is 1.44. The van der Waals surface area contributed by atoms with Crippen LogP contribution in [0.2, 0.25) is 0 Å². The van der Waals surface area contributed by atoms with E-state index in [4.69, 9.17) is 4.74 Å². The highest BCUT2D eigenvalue weighted by molar-refractivity contribution is 8.21. The van der Waals surface area contributed by atoms with Crippen LogP contribution in [0.1, 0.15) is 17.3 Å². The van der Waals surface area contributed by atoms with Gasteiger partial charge in [-0.1, -0.05) is 0 Å². The van der Waals surface area contributed by atoms with Crippen LogP contribution in [0.25, 0.3) is 0 Å². The quantitative estimate of drug-likeness (QED) is 0.111. The van der Waals surface area contributed by atoms with Gasteiger partial charge in [-0.2, -0.15) is 0 Å². The van der Waals surface area contributed by atoms with E-state index in [0.717, 1.165) is 23.5 Å². The van der Waals surface area contributed by atoms with Crippen molar-refractivity contribution in [3.63, 3.8) is 0 Å². The lowest BCUT2D eigenvalue weighted by molar-refractivity contribution is -0.138. The molecule has 1 rings (SSSR count). The topological polar surface area (TPSA) is 43.4 Å². The van der Waals surface area contributed by atoms with Crippen molar-refractivity contribution >= 4 is 35.3 Å². The van der Waals surface area contributed by atoms with Crippen molar-refractivity contribution in [1.82, 2.24) is 0 Å². The average Bonchev–Trinajstić information content (AvgIpc) is 2.53. The van der Waals surface area contributed by atoms with Crippen LogP contribution in [-0.4, -0.2) is 30.9 Å². The zero-order valence-corrected chi connectivity index (χ0v) is 14.0. The molecule has 0 atom stereocenters. The molecule has 3 nitrogen and oxygen atoms in total. The fourth-order valence-corrected chi connectivity index (χ4v) is 3.06. The largest absolute Gasteiger partial charge is 0.462 e. The van der Waals surface area contributed by atoms with E-state index in [0.29, 0.717) is 0 Å². The van der Waals surface area contributed by atoms with Crippen molar-refractivity contribution in [2.75, 3.05) is 19.1 Å². The third kappa shape index (κ3) is 4.08. The Balaban J connectivity index is 3.54. The van der Waals surface area contributed by atoms with Crippen LogP contribution in [0, 0.1) is 23.3 Å². The first kappa shape index (κ1) is 19.6. The van der Waals surface area contributed by atoms with Crippen molar-refractivity contribution < 1.29 is 31.9 Å². The highest BCUT2D eigenvalue weighted by Gasteiger charge is 2.30. The van der Waals surface area contributed by atoms with Crippen LogP contribution in [0.4, 0.5) is 17.6 Å². The predicted molar refractivity (Wildman–Crippen MR) is 81.3 cm³/mol. The minimum atomic E-state index is -2.12. The molecule has 0 spiro atoms. The van der Waals surface area contributed by atoms with Crippen LogP contribution < -0.4 is 0 Å². The second-order valence-electron chi connectivity index (χ2n) is 3.97. The predicted octanol–water partition coefficient (Wildman–Crippen LogP) is 3.93. The van der Waals surface area contributed by atoms with Crippen molar-refractivity contribution in [2.24, 2.45) is 0 Å². The van der Waals surface area contributed by atoms with E-state index in [1.807, 2.05) is 0 Å². The lowest BCUT2D eigenvalue weighted by atomic mass is 10.0. The molecule has 0 aliphatic heterocycles. The van der Waals surface area contributed by atoms with Gasteiger partial charge in [-0.25, -0.2) is 22.4 Å². The van der Waals surface area contributed by atoms with Crippen LogP contribution in [0.15, 0.2) is 15.9 Å². The molecule has 1 aromatic carbocycles. The summed E-state index contributed by atoms with van der Waals surface area (Å²) in [7, 11) is 0. The van der Waals surface area contributed by atoms with Gasteiger partial charge in [0.2, 0.25) is 5.78 Å². The molecule has 0 saturated carbocycles. The summed E-state index contributed by atoms with van der Waals surface area (Å²) in [6, 6.07) is 0.216. The van der Waals surface area contributed by atoms with E-state index in [2.05, 4.69) is 0 Å². The summed E-state index contributed by atoms with van der Waals surface area (Å²) in [6.07, 6.45) is 3.11. The molecule has 9 heteroatoms. The molecule has 23 heavy (non-hydrogen) atoms. The monoisotopic (exact) mass is 368 g/mol.